The van der Waals surface area contributed by atoms with Gasteiger partial charge in [-0.3, -0.25) is 4.98 Å². The molecule has 0 N–H and O–H groups in total. The van der Waals surface area contributed by atoms with Gasteiger partial charge in [-0.05, 0) is 82.9 Å². The first-order valence-electron chi connectivity index (χ1n) is 17.0. The van der Waals surface area contributed by atoms with Gasteiger partial charge in [-0.25, -0.2) is 0 Å². The summed E-state index contributed by atoms with van der Waals surface area (Å²) in [5.74, 6) is 0.144. The van der Waals surface area contributed by atoms with Crippen molar-refractivity contribution in [2.75, 3.05) is 0 Å². The van der Waals surface area contributed by atoms with Gasteiger partial charge >= 0.3 is 0 Å². The number of rotatable bonds is 4. The fourth-order valence-electron chi connectivity index (χ4n) is 8.34. The molecule has 0 saturated carbocycles. The highest BCUT2D eigenvalue weighted by molar-refractivity contribution is 6.21. The number of nitrogens with zero attached hydrogens (tertiary/aromatic N) is 1. The van der Waals surface area contributed by atoms with Crippen LogP contribution < -0.4 is 0 Å². The predicted octanol–water partition coefficient (Wildman–Crippen LogP) is 12.7. The number of fused-ring (bicyclic) bond motifs is 7. The van der Waals surface area contributed by atoms with E-state index in [1.807, 2.05) is 0 Å². The van der Waals surface area contributed by atoms with E-state index in [1.165, 1.54) is 82.4 Å². The van der Waals surface area contributed by atoms with Gasteiger partial charge < -0.3 is 0 Å². The number of pyridine rings is 1. The Morgan fingerprint density at radius 3 is 1.63 bits per heavy atom. The molecule has 0 saturated heterocycles. The largest absolute Gasteiger partial charge is 0.256 e. The summed E-state index contributed by atoms with van der Waals surface area (Å²) in [5.41, 5.74) is 13.7. The highest BCUT2D eigenvalue weighted by atomic mass is 14.7. The Morgan fingerprint density at radius 1 is 0.367 bits per heavy atom. The second-order valence-corrected chi connectivity index (χ2v) is 13.0. The van der Waals surface area contributed by atoms with Gasteiger partial charge in [0.1, 0.15) is 0 Å². The molecule has 0 spiro atoms. The van der Waals surface area contributed by atoms with E-state index in [0.717, 1.165) is 11.3 Å². The number of hydrogen-bond donors (Lipinski definition) is 0. The predicted molar refractivity (Wildman–Crippen MR) is 206 cm³/mol. The van der Waals surface area contributed by atoms with Crippen LogP contribution in [0.25, 0.3) is 77.0 Å². The topological polar surface area (TPSA) is 12.9 Å². The molecule has 0 fully saturated rings. The van der Waals surface area contributed by atoms with E-state index in [4.69, 9.17) is 4.98 Å². The Labute approximate surface area is 285 Å². The van der Waals surface area contributed by atoms with Crippen LogP contribution in [-0.2, 0) is 0 Å². The van der Waals surface area contributed by atoms with Crippen LogP contribution in [0.1, 0.15) is 22.6 Å². The molecule has 1 aliphatic rings. The molecule has 1 nitrogen and oxygen atoms in total. The SMILES string of the molecule is c1ccc(-c2c3ccccc3c(-c3ccc(-c4cccc5c4C(c4ccccc4)c4ccc6ccccc6c4-5)cn3)c3ccccc23)cc1. The maximum Gasteiger partial charge on any atom is 0.0714 e. The summed E-state index contributed by atoms with van der Waals surface area (Å²) in [6, 6.07) is 64.0. The molecule has 1 heterocycles. The van der Waals surface area contributed by atoms with Gasteiger partial charge in [-0.2, -0.15) is 0 Å². The van der Waals surface area contributed by atoms with Crippen LogP contribution in [0.3, 0.4) is 0 Å². The first-order valence-corrected chi connectivity index (χ1v) is 17.0. The third kappa shape index (κ3) is 4.29. The van der Waals surface area contributed by atoms with Crippen molar-refractivity contribution in [1.29, 1.82) is 0 Å². The normalized spacial score (nSPS) is 13.5. The molecule has 9 aromatic rings. The number of benzene rings is 8. The minimum atomic E-state index is 0.144. The maximum atomic E-state index is 5.25. The summed E-state index contributed by atoms with van der Waals surface area (Å²) in [7, 11) is 0. The fourth-order valence-corrected chi connectivity index (χ4v) is 8.34. The van der Waals surface area contributed by atoms with Crippen LogP contribution in [0.4, 0.5) is 0 Å². The van der Waals surface area contributed by atoms with Gasteiger partial charge in [-0.15, -0.1) is 0 Å². The molecule has 1 unspecified atom stereocenters. The zero-order valence-corrected chi connectivity index (χ0v) is 26.8. The molecule has 8 aromatic carbocycles. The van der Waals surface area contributed by atoms with Crippen molar-refractivity contribution in [3.63, 3.8) is 0 Å². The average Bonchev–Trinajstić information content (AvgIpc) is 3.53. The monoisotopic (exact) mass is 621 g/mol. The van der Waals surface area contributed by atoms with Crippen molar-refractivity contribution in [3.05, 3.63) is 199 Å². The molecule has 0 radical (unpaired) electrons. The van der Waals surface area contributed by atoms with E-state index in [9.17, 15) is 0 Å². The van der Waals surface area contributed by atoms with Gasteiger partial charge in [0.25, 0.3) is 0 Å². The summed E-state index contributed by atoms with van der Waals surface area (Å²) in [6.45, 7) is 0. The minimum absolute atomic E-state index is 0.144. The highest BCUT2D eigenvalue weighted by Crippen LogP contribution is 2.53. The van der Waals surface area contributed by atoms with Crippen molar-refractivity contribution in [3.8, 4) is 44.6 Å². The van der Waals surface area contributed by atoms with Crippen molar-refractivity contribution in [2.24, 2.45) is 0 Å². The van der Waals surface area contributed by atoms with Gasteiger partial charge in [0, 0.05) is 23.2 Å². The van der Waals surface area contributed by atoms with E-state index < -0.39 is 0 Å². The summed E-state index contributed by atoms with van der Waals surface area (Å²) < 4.78 is 0. The molecule has 10 rings (SSSR count). The maximum absolute atomic E-state index is 5.25. The van der Waals surface area contributed by atoms with Crippen LogP contribution in [0.15, 0.2) is 182 Å². The molecule has 0 bridgehead atoms. The van der Waals surface area contributed by atoms with Gasteiger partial charge in [-0.1, -0.05) is 170 Å². The van der Waals surface area contributed by atoms with Crippen molar-refractivity contribution >= 4 is 32.3 Å². The summed E-state index contributed by atoms with van der Waals surface area (Å²) in [4.78, 5) is 5.25. The minimum Gasteiger partial charge on any atom is -0.256 e. The second-order valence-electron chi connectivity index (χ2n) is 13.0. The average molecular weight is 622 g/mol. The Balaban J connectivity index is 1.17. The lowest BCUT2D eigenvalue weighted by Crippen LogP contribution is -2.01. The zero-order chi connectivity index (χ0) is 32.3. The van der Waals surface area contributed by atoms with Crippen LogP contribution in [0, 0.1) is 0 Å². The molecule has 1 heteroatoms. The van der Waals surface area contributed by atoms with Gasteiger partial charge in [0.05, 0.1) is 5.69 Å². The van der Waals surface area contributed by atoms with Crippen LogP contribution in [0.2, 0.25) is 0 Å². The summed E-state index contributed by atoms with van der Waals surface area (Å²) in [6.07, 6.45) is 2.09. The molecular weight excluding hydrogens is 591 g/mol. The molecule has 0 aliphatic heterocycles. The smallest absolute Gasteiger partial charge is 0.0714 e. The van der Waals surface area contributed by atoms with Crippen molar-refractivity contribution in [1.82, 2.24) is 4.98 Å². The Bertz CT molecular complexity index is 2630. The highest BCUT2D eigenvalue weighted by Gasteiger charge is 2.33. The van der Waals surface area contributed by atoms with Crippen LogP contribution in [0.5, 0.6) is 0 Å². The molecule has 0 amide bonds. The third-order valence-corrected chi connectivity index (χ3v) is 10.4. The standard InChI is InChI=1S/C48H31N/c1-3-15-32(16-4-1)44-37-20-9-11-22-39(37)47(40-23-12-10-21-38(40)44)43-29-27-34(30-49-43)36-24-13-25-41-46-35-19-8-7-14-31(35)26-28-42(46)45(48(36)41)33-17-5-2-6-18-33/h1-30,45H. The molecule has 228 valence electrons. The van der Waals surface area contributed by atoms with Gasteiger partial charge in [0.2, 0.25) is 0 Å². The Morgan fingerprint density at radius 2 is 0.959 bits per heavy atom. The second kappa shape index (κ2) is 11.1. The lowest BCUT2D eigenvalue weighted by Gasteiger charge is -2.19. The van der Waals surface area contributed by atoms with E-state index in [-0.39, 0.29) is 5.92 Å². The number of aromatic nitrogens is 1. The molecule has 1 atom stereocenters. The lowest BCUT2D eigenvalue weighted by atomic mass is 9.85. The Kier molecular flexibility index (Phi) is 6.32. The molecule has 49 heavy (non-hydrogen) atoms. The third-order valence-electron chi connectivity index (χ3n) is 10.4. The fraction of sp³-hybridized carbons (Fsp3) is 0.0208. The number of hydrogen-bond acceptors (Lipinski definition) is 1. The first kappa shape index (κ1) is 27.8. The van der Waals surface area contributed by atoms with E-state index in [0.29, 0.717) is 0 Å². The van der Waals surface area contributed by atoms with Crippen LogP contribution in [-0.4, -0.2) is 4.98 Å². The molecule has 1 aliphatic carbocycles. The summed E-state index contributed by atoms with van der Waals surface area (Å²) >= 11 is 0. The zero-order valence-electron chi connectivity index (χ0n) is 26.8. The van der Waals surface area contributed by atoms with E-state index in [1.54, 1.807) is 0 Å². The van der Waals surface area contributed by atoms with E-state index in [2.05, 4.69) is 182 Å². The van der Waals surface area contributed by atoms with Crippen molar-refractivity contribution < 1.29 is 0 Å². The van der Waals surface area contributed by atoms with Crippen LogP contribution >= 0.6 is 0 Å². The summed E-state index contributed by atoms with van der Waals surface area (Å²) in [5, 5.41) is 7.49. The van der Waals surface area contributed by atoms with Gasteiger partial charge in [0.15, 0.2) is 0 Å². The first-order chi connectivity index (χ1) is 24.3. The lowest BCUT2D eigenvalue weighted by molar-refractivity contribution is 1.02. The van der Waals surface area contributed by atoms with Crippen molar-refractivity contribution in [2.45, 2.75) is 5.92 Å². The van der Waals surface area contributed by atoms with E-state index >= 15 is 0 Å². The molecule has 1 aromatic heterocycles. The Hall–Kier alpha value is -6.31. The quantitative estimate of drug-likeness (QED) is 0.178. The molecular formula is C48H31N.